The number of aromatic nitrogens is 4. The summed E-state index contributed by atoms with van der Waals surface area (Å²) in [6, 6.07) is 50.1. The normalized spacial score (nSPS) is 12.0. The minimum atomic E-state index is 0.626. The minimum absolute atomic E-state index is 0.626. The molecule has 0 bridgehead atoms. The van der Waals surface area contributed by atoms with Crippen molar-refractivity contribution in [3.63, 3.8) is 0 Å². The Labute approximate surface area is 272 Å². The molecule has 0 spiro atoms. The fraction of sp³-hybridized carbons (Fsp3) is 0.0500. The first-order valence-corrected chi connectivity index (χ1v) is 16.2. The molecule has 0 fully saturated rings. The second-order valence-electron chi connectivity index (χ2n) is 11.1. The standard InChI is InChI=1S/C40H29N5S/c1-4-14-28(15-5-1)32-26-31(40(41-27-32)45-33-20-10-12-22-35(33)46-36-23-13-11-21-34(36)45)24-25-37-42-38(29-16-6-2-7-17-29)44-39(43-37)30-18-8-3-9-19-30/h1-23,26-27H,24-25H2. The number of pyridine rings is 1. The predicted octanol–water partition coefficient (Wildman–Crippen LogP) is 9.99. The lowest BCUT2D eigenvalue weighted by atomic mass is 10.0. The summed E-state index contributed by atoms with van der Waals surface area (Å²) in [5.41, 5.74) is 7.54. The quantitative estimate of drug-likeness (QED) is 0.179. The zero-order chi connectivity index (χ0) is 30.7. The molecule has 5 nitrogen and oxygen atoms in total. The summed E-state index contributed by atoms with van der Waals surface area (Å²) in [5, 5.41) is 0. The van der Waals surface area contributed by atoms with Crippen LogP contribution in [0.25, 0.3) is 33.9 Å². The van der Waals surface area contributed by atoms with Crippen molar-refractivity contribution in [2.24, 2.45) is 0 Å². The molecule has 220 valence electrons. The molecule has 5 aromatic carbocycles. The Morgan fingerprint density at radius 3 is 1.54 bits per heavy atom. The lowest BCUT2D eigenvalue weighted by Gasteiger charge is -2.33. The first kappa shape index (κ1) is 27.9. The molecular formula is C40H29N5S. The fourth-order valence-electron chi connectivity index (χ4n) is 5.82. The Bertz CT molecular complexity index is 2030. The van der Waals surface area contributed by atoms with E-state index in [1.54, 1.807) is 11.8 Å². The topological polar surface area (TPSA) is 54.8 Å². The number of benzene rings is 5. The molecule has 0 N–H and O–H groups in total. The number of fused-ring (bicyclic) bond motifs is 2. The van der Waals surface area contributed by atoms with Crippen LogP contribution in [0.5, 0.6) is 0 Å². The average molecular weight is 612 g/mol. The number of aryl methyl sites for hydroxylation is 2. The molecule has 0 atom stereocenters. The largest absolute Gasteiger partial charge is 0.293 e. The average Bonchev–Trinajstić information content (AvgIpc) is 3.14. The Hall–Kier alpha value is -5.59. The van der Waals surface area contributed by atoms with Crippen molar-refractivity contribution in [2.75, 3.05) is 4.90 Å². The maximum atomic E-state index is 5.18. The van der Waals surface area contributed by atoms with Gasteiger partial charge in [-0.05, 0) is 47.9 Å². The molecule has 0 radical (unpaired) electrons. The van der Waals surface area contributed by atoms with E-state index in [1.807, 2.05) is 72.9 Å². The highest BCUT2D eigenvalue weighted by Crippen LogP contribution is 2.51. The molecule has 46 heavy (non-hydrogen) atoms. The molecule has 0 saturated heterocycles. The molecule has 1 aliphatic heterocycles. The van der Waals surface area contributed by atoms with Crippen LogP contribution < -0.4 is 4.90 Å². The molecule has 2 aromatic heterocycles. The van der Waals surface area contributed by atoms with Gasteiger partial charge in [0.2, 0.25) is 0 Å². The van der Waals surface area contributed by atoms with E-state index in [4.69, 9.17) is 19.9 Å². The monoisotopic (exact) mass is 611 g/mol. The summed E-state index contributed by atoms with van der Waals surface area (Å²) in [4.78, 5) is 24.7. The van der Waals surface area contributed by atoms with E-state index in [9.17, 15) is 0 Å². The summed E-state index contributed by atoms with van der Waals surface area (Å²) >= 11 is 1.80. The van der Waals surface area contributed by atoms with E-state index >= 15 is 0 Å². The van der Waals surface area contributed by atoms with Crippen LogP contribution >= 0.6 is 11.8 Å². The van der Waals surface area contributed by atoms with Gasteiger partial charge in [0.1, 0.15) is 11.6 Å². The molecule has 0 saturated carbocycles. The minimum Gasteiger partial charge on any atom is -0.293 e. The van der Waals surface area contributed by atoms with Gasteiger partial charge < -0.3 is 0 Å². The fourth-order valence-corrected chi connectivity index (χ4v) is 6.88. The highest BCUT2D eigenvalue weighted by molar-refractivity contribution is 7.99. The van der Waals surface area contributed by atoms with Crippen LogP contribution in [0.2, 0.25) is 0 Å². The summed E-state index contributed by atoms with van der Waals surface area (Å²) in [6.07, 6.45) is 3.32. The van der Waals surface area contributed by atoms with Crippen molar-refractivity contribution >= 4 is 29.0 Å². The lowest BCUT2D eigenvalue weighted by molar-refractivity contribution is 0.839. The number of hydrogen-bond donors (Lipinski definition) is 0. The van der Waals surface area contributed by atoms with Crippen molar-refractivity contribution in [2.45, 2.75) is 22.6 Å². The van der Waals surface area contributed by atoms with Crippen LogP contribution in [-0.4, -0.2) is 19.9 Å². The third-order valence-corrected chi connectivity index (χ3v) is 9.19. The Kier molecular flexibility index (Phi) is 7.54. The van der Waals surface area contributed by atoms with Gasteiger partial charge in [-0.1, -0.05) is 127 Å². The predicted molar refractivity (Wildman–Crippen MR) is 187 cm³/mol. The number of anilines is 3. The maximum Gasteiger partial charge on any atom is 0.163 e. The maximum absolute atomic E-state index is 5.18. The molecule has 1 aliphatic rings. The third-order valence-electron chi connectivity index (χ3n) is 8.06. The van der Waals surface area contributed by atoms with E-state index < -0.39 is 0 Å². The molecule has 0 amide bonds. The van der Waals surface area contributed by atoms with Gasteiger partial charge in [0.05, 0.1) is 11.4 Å². The first-order chi connectivity index (χ1) is 22.8. The number of rotatable bonds is 7. The van der Waals surface area contributed by atoms with Crippen LogP contribution in [0.1, 0.15) is 11.4 Å². The van der Waals surface area contributed by atoms with Crippen molar-refractivity contribution in [1.29, 1.82) is 0 Å². The van der Waals surface area contributed by atoms with E-state index in [1.165, 1.54) is 9.79 Å². The second-order valence-corrected chi connectivity index (χ2v) is 12.2. The van der Waals surface area contributed by atoms with Gasteiger partial charge in [-0.25, -0.2) is 19.9 Å². The zero-order valence-corrected chi connectivity index (χ0v) is 25.8. The van der Waals surface area contributed by atoms with Crippen LogP contribution in [0.4, 0.5) is 17.2 Å². The van der Waals surface area contributed by atoms with Crippen LogP contribution in [0.3, 0.4) is 0 Å². The van der Waals surface area contributed by atoms with Gasteiger partial charge in [0.15, 0.2) is 11.6 Å². The molecule has 0 aliphatic carbocycles. The van der Waals surface area contributed by atoms with Crippen molar-refractivity contribution < 1.29 is 0 Å². The third kappa shape index (κ3) is 5.55. The summed E-state index contributed by atoms with van der Waals surface area (Å²) < 4.78 is 0. The highest BCUT2D eigenvalue weighted by atomic mass is 32.2. The molecule has 0 unspecified atom stereocenters. The van der Waals surface area contributed by atoms with Gasteiger partial charge in [-0.15, -0.1) is 0 Å². The Morgan fingerprint density at radius 1 is 0.478 bits per heavy atom. The van der Waals surface area contributed by atoms with Gasteiger partial charge in [-0.2, -0.15) is 0 Å². The number of nitrogens with zero attached hydrogens (tertiary/aromatic N) is 5. The smallest absolute Gasteiger partial charge is 0.163 e. The van der Waals surface area contributed by atoms with Gasteiger partial charge >= 0.3 is 0 Å². The van der Waals surface area contributed by atoms with Crippen molar-refractivity contribution in [3.05, 3.63) is 163 Å². The molecule has 3 heterocycles. The number of hydrogen-bond acceptors (Lipinski definition) is 6. The Morgan fingerprint density at radius 2 is 0.978 bits per heavy atom. The van der Waals surface area contributed by atoms with Crippen molar-refractivity contribution in [1.82, 2.24) is 19.9 Å². The molecule has 8 rings (SSSR count). The van der Waals surface area contributed by atoms with Crippen LogP contribution in [-0.2, 0) is 12.8 Å². The SMILES string of the molecule is c1ccc(-c2cnc(N3c4ccccc4Sc4ccccc43)c(CCc3nc(-c4ccccc4)nc(-c4ccccc4)n3)c2)cc1. The molecular weight excluding hydrogens is 583 g/mol. The molecule has 7 aromatic rings. The lowest BCUT2D eigenvalue weighted by Crippen LogP contribution is -2.18. The van der Waals surface area contributed by atoms with E-state index in [0.29, 0.717) is 24.5 Å². The van der Waals surface area contributed by atoms with Crippen molar-refractivity contribution in [3.8, 4) is 33.9 Å². The summed E-state index contributed by atoms with van der Waals surface area (Å²) in [5.74, 6) is 3.02. The second kappa shape index (κ2) is 12.4. The summed E-state index contributed by atoms with van der Waals surface area (Å²) in [7, 11) is 0. The van der Waals surface area contributed by atoms with E-state index in [-0.39, 0.29) is 0 Å². The van der Waals surface area contributed by atoms with Crippen LogP contribution in [0, 0.1) is 0 Å². The van der Waals surface area contributed by atoms with Gasteiger partial charge in [-0.3, -0.25) is 4.90 Å². The van der Waals surface area contributed by atoms with E-state index in [0.717, 1.165) is 50.8 Å². The van der Waals surface area contributed by atoms with Crippen LogP contribution in [0.15, 0.2) is 162 Å². The highest BCUT2D eigenvalue weighted by Gasteiger charge is 2.27. The summed E-state index contributed by atoms with van der Waals surface area (Å²) in [6.45, 7) is 0. The Balaban J connectivity index is 1.24. The zero-order valence-electron chi connectivity index (χ0n) is 25.0. The molecule has 6 heteroatoms. The first-order valence-electron chi connectivity index (χ1n) is 15.4. The van der Waals surface area contributed by atoms with Gasteiger partial charge in [0, 0.05) is 39.1 Å². The van der Waals surface area contributed by atoms with Gasteiger partial charge in [0.25, 0.3) is 0 Å². The number of para-hydroxylation sites is 2. The van der Waals surface area contributed by atoms with E-state index in [2.05, 4.69) is 83.8 Å².